The van der Waals surface area contributed by atoms with Gasteiger partial charge in [-0.2, -0.15) is 13.2 Å². The Balaban J connectivity index is 1.83. The number of carbonyl (C=O) groups is 1. The quantitative estimate of drug-likeness (QED) is 0.382. The van der Waals surface area contributed by atoms with Crippen LogP contribution in [0.5, 0.6) is 5.75 Å². The van der Waals surface area contributed by atoms with Crippen LogP contribution in [-0.4, -0.2) is 23.4 Å². The fraction of sp³-hybridized carbons (Fsp3) is 0.160. The normalized spacial score (nSPS) is 11.9. The molecule has 0 saturated heterocycles. The lowest BCUT2D eigenvalue weighted by Gasteiger charge is -2.13. The summed E-state index contributed by atoms with van der Waals surface area (Å²) in [5.74, 6) is -0.0376. The summed E-state index contributed by atoms with van der Waals surface area (Å²) in [5.41, 5.74) is 2.30. The SMILES string of the molecule is Cc1cc(OCC(=O)O)ccc1SC/C=C(/c1ccccc1)c1cccc(C(F)(F)F)c1. The number of benzene rings is 3. The number of aliphatic carboxylic acids is 1. The maximum Gasteiger partial charge on any atom is 0.416 e. The molecule has 0 radical (unpaired) electrons. The first-order chi connectivity index (χ1) is 15.2. The van der Waals surface area contributed by atoms with E-state index in [-0.39, 0.29) is 0 Å². The van der Waals surface area contributed by atoms with Crippen LogP contribution >= 0.6 is 11.8 Å². The standard InChI is InChI=1S/C25H21F3O3S/c1-17-14-21(31-16-24(29)30)10-11-23(17)32-13-12-22(18-6-3-2-4-7-18)19-8-5-9-20(15-19)25(26,27)28/h2-12,14-15H,13,16H2,1H3,(H,29,30)/b22-12-. The third-order valence-electron chi connectivity index (χ3n) is 4.62. The Bertz CT molecular complexity index is 1110. The Kier molecular flexibility index (Phi) is 7.64. The van der Waals surface area contributed by atoms with Crippen LogP contribution in [0.15, 0.2) is 83.8 Å². The maximum absolute atomic E-state index is 13.2. The molecule has 3 nitrogen and oxygen atoms in total. The first kappa shape index (κ1) is 23.5. The van der Waals surface area contributed by atoms with Gasteiger partial charge in [-0.3, -0.25) is 0 Å². The Morgan fingerprint density at radius 1 is 1.00 bits per heavy atom. The lowest BCUT2D eigenvalue weighted by molar-refractivity contribution is -0.139. The van der Waals surface area contributed by atoms with Gasteiger partial charge in [0.1, 0.15) is 5.75 Å². The molecule has 0 aliphatic carbocycles. The molecule has 1 N–H and O–H groups in total. The molecule has 3 aromatic rings. The molecular formula is C25H21F3O3S. The van der Waals surface area contributed by atoms with Crippen molar-refractivity contribution in [3.63, 3.8) is 0 Å². The third-order valence-corrected chi connectivity index (χ3v) is 5.72. The highest BCUT2D eigenvalue weighted by Crippen LogP contribution is 2.33. The smallest absolute Gasteiger partial charge is 0.416 e. The van der Waals surface area contributed by atoms with E-state index in [2.05, 4.69) is 0 Å². The summed E-state index contributed by atoms with van der Waals surface area (Å²) in [4.78, 5) is 11.6. The second-order valence-corrected chi connectivity index (χ2v) is 8.04. The number of halogens is 3. The van der Waals surface area contributed by atoms with Gasteiger partial charge in [-0.1, -0.05) is 48.5 Å². The molecule has 0 bridgehead atoms. The molecule has 0 heterocycles. The van der Waals surface area contributed by atoms with Gasteiger partial charge >= 0.3 is 12.1 Å². The first-order valence-corrected chi connectivity index (χ1v) is 10.7. The number of aryl methyl sites for hydroxylation is 1. The van der Waals surface area contributed by atoms with E-state index in [1.165, 1.54) is 23.9 Å². The molecule has 0 fully saturated rings. The maximum atomic E-state index is 13.2. The predicted octanol–water partition coefficient (Wildman–Crippen LogP) is 6.70. The molecule has 0 saturated carbocycles. The van der Waals surface area contributed by atoms with Crippen LogP contribution in [0.3, 0.4) is 0 Å². The van der Waals surface area contributed by atoms with Crippen molar-refractivity contribution in [2.24, 2.45) is 0 Å². The summed E-state index contributed by atoms with van der Waals surface area (Å²) in [6.07, 6.45) is -2.49. The fourth-order valence-corrected chi connectivity index (χ4v) is 4.00. The Morgan fingerprint density at radius 3 is 2.38 bits per heavy atom. The highest BCUT2D eigenvalue weighted by atomic mass is 32.2. The van der Waals surface area contributed by atoms with Crippen molar-refractivity contribution in [3.8, 4) is 5.75 Å². The number of hydrogen-bond acceptors (Lipinski definition) is 3. The van der Waals surface area contributed by atoms with E-state index in [1.54, 1.807) is 18.2 Å². The number of thioether (sulfide) groups is 1. The molecule has 0 aromatic heterocycles. The van der Waals surface area contributed by atoms with Crippen LogP contribution in [0.4, 0.5) is 13.2 Å². The van der Waals surface area contributed by atoms with Gasteiger partial charge in [0.15, 0.2) is 6.61 Å². The van der Waals surface area contributed by atoms with Crippen molar-refractivity contribution in [1.82, 2.24) is 0 Å². The molecule has 3 aromatic carbocycles. The van der Waals surface area contributed by atoms with Gasteiger partial charge in [0.25, 0.3) is 0 Å². The number of alkyl halides is 3. The molecule has 0 aliphatic rings. The number of ether oxygens (including phenoxy) is 1. The van der Waals surface area contributed by atoms with E-state index >= 15 is 0 Å². The molecule has 7 heteroatoms. The third kappa shape index (κ3) is 6.40. The Hall–Kier alpha value is -3.19. The van der Waals surface area contributed by atoms with Gasteiger partial charge in [-0.05, 0) is 59.5 Å². The number of carboxylic acids is 1. The number of rotatable bonds is 8. The average molecular weight is 459 g/mol. The van der Waals surface area contributed by atoms with Crippen LogP contribution in [-0.2, 0) is 11.0 Å². The van der Waals surface area contributed by atoms with Crippen molar-refractivity contribution < 1.29 is 27.8 Å². The van der Waals surface area contributed by atoms with Crippen LogP contribution in [0.1, 0.15) is 22.3 Å². The summed E-state index contributed by atoms with van der Waals surface area (Å²) < 4.78 is 44.8. The second-order valence-electron chi connectivity index (χ2n) is 6.98. The molecular weight excluding hydrogens is 437 g/mol. The number of carboxylic acid groups (broad SMARTS) is 1. The number of hydrogen-bond donors (Lipinski definition) is 1. The summed E-state index contributed by atoms with van der Waals surface area (Å²) in [6, 6.07) is 20.0. The van der Waals surface area contributed by atoms with Gasteiger partial charge in [0.05, 0.1) is 5.56 Å². The molecule has 0 spiro atoms. The minimum absolute atomic E-state index is 0.411. The van der Waals surface area contributed by atoms with Crippen molar-refractivity contribution >= 4 is 23.3 Å². The highest BCUT2D eigenvalue weighted by molar-refractivity contribution is 7.99. The van der Waals surface area contributed by atoms with E-state index in [4.69, 9.17) is 9.84 Å². The Labute approximate surface area is 188 Å². The van der Waals surface area contributed by atoms with Crippen molar-refractivity contribution in [2.75, 3.05) is 12.4 Å². The van der Waals surface area contributed by atoms with Crippen molar-refractivity contribution in [1.29, 1.82) is 0 Å². The van der Waals surface area contributed by atoms with E-state index in [0.717, 1.165) is 27.7 Å². The highest BCUT2D eigenvalue weighted by Gasteiger charge is 2.30. The zero-order valence-electron chi connectivity index (χ0n) is 17.2. The monoisotopic (exact) mass is 458 g/mol. The van der Waals surface area contributed by atoms with Crippen LogP contribution in [0.25, 0.3) is 5.57 Å². The van der Waals surface area contributed by atoms with Gasteiger partial charge in [-0.25, -0.2) is 4.79 Å². The van der Waals surface area contributed by atoms with E-state index in [9.17, 15) is 18.0 Å². The summed E-state index contributed by atoms with van der Waals surface area (Å²) in [7, 11) is 0. The zero-order valence-corrected chi connectivity index (χ0v) is 18.0. The lowest BCUT2D eigenvalue weighted by Crippen LogP contribution is -2.09. The van der Waals surface area contributed by atoms with Crippen LogP contribution < -0.4 is 4.74 Å². The fourth-order valence-electron chi connectivity index (χ4n) is 3.12. The van der Waals surface area contributed by atoms with Gasteiger partial charge in [0.2, 0.25) is 0 Å². The molecule has 0 unspecified atom stereocenters. The van der Waals surface area contributed by atoms with Crippen LogP contribution in [0.2, 0.25) is 0 Å². The lowest BCUT2D eigenvalue weighted by atomic mass is 9.96. The van der Waals surface area contributed by atoms with Crippen LogP contribution in [0, 0.1) is 6.92 Å². The van der Waals surface area contributed by atoms with E-state index in [1.807, 2.05) is 49.4 Å². The van der Waals surface area contributed by atoms with Gasteiger partial charge in [-0.15, -0.1) is 11.8 Å². The molecule has 0 aliphatic heterocycles. The Morgan fingerprint density at radius 2 is 1.72 bits per heavy atom. The van der Waals surface area contributed by atoms with Gasteiger partial charge in [0, 0.05) is 10.6 Å². The predicted molar refractivity (Wildman–Crippen MR) is 120 cm³/mol. The van der Waals surface area contributed by atoms with Crippen molar-refractivity contribution in [2.45, 2.75) is 18.0 Å². The molecule has 32 heavy (non-hydrogen) atoms. The van der Waals surface area contributed by atoms with E-state index in [0.29, 0.717) is 17.1 Å². The first-order valence-electron chi connectivity index (χ1n) is 9.75. The largest absolute Gasteiger partial charge is 0.482 e. The average Bonchev–Trinajstić information content (AvgIpc) is 2.76. The minimum Gasteiger partial charge on any atom is -0.482 e. The summed E-state index contributed by atoms with van der Waals surface area (Å²) in [5, 5.41) is 8.72. The van der Waals surface area contributed by atoms with E-state index < -0.39 is 24.3 Å². The summed E-state index contributed by atoms with van der Waals surface area (Å²) >= 11 is 1.54. The van der Waals surface area contributed by atoms with Crippen molar-refractivity contribution in [3.05, 3.63) is 101 Å². The second kappa shape index (κ2) is 10.4. The molecule has 0 amide bonds. The molecule has 3 rings (SSSR count). The summed E-state index contributed by atoms with van der Waals surface area (Å²) in [6.45, 7) is 1.48. The molecule has 166 valence electrons. The van der Waals surface area contributed by atoms with Gasteiger partial charge < -0.3 is 9.84 Å². The zero-order chi connectivity index (χ0) is 23.1. The molecule has 0 atom stereocenters. The minimum atomic E-state index is -4.41. The topological polar surface area (TPSA) is 46.5 Å².